The Morgan fingerprint density at radius 1 is 1.11 bits per heavy atom. The predicted molar refractivity (Wildman–Crippen MR) is 111 cm³/mol. The van der Waals surface area contributed by atoms with Gasteiger partial charge in [0, 0.05) is 45.0 Å². The molecule has 0 amide bonds. The van der Waals surface area contributed by atoms with Crippen molar-refractivity contribution in [2.24, 2.45) is 0 Å². The first-order valence-corrected chi connectivity index (χ1v) is 10.7. The van der Waals surface area contributed by atoms with Gasteiger partial charge >= 0.3 is 0 Å². The van der Waals surface area contributed by atoms with Gasteiger partial charge in [-0.1, -0.05) is 35.9 Å². The molecular weight excluding hydrogens is 394 g/mol. The number of ether oxygens (including phenoxy) is 1. The lowest BCUT2D eigenvalue weighted by Gasteiger charge is -2.07. The Hall–Kier alpha value is -2.70. The fourth-order valence-corrected chi connectivity index (χ4v) is 3.71. The topological polar surface area (TPSA) is 56.5 Å². The summed E-state index contributed by atoms with van der Waals surface area (Å²) in [5.41, 5.74) is 3.56. The predicted octanol–water partition coefficient (Wildman–Crippen LogP) is 4.41. The molecule has 7 heteroatoms. The van der Waals surface area contributed by atoms with E-state index in [1.165, 1.54) is 0 Å². The van der Waals surface area contributed by atoms with Gasteiger partial charge in [0.1, 0.15) is 0 Å². The van der Waals surface area contributed by atoms with Crippen LogP contribution in [0, 0.1) is 0 Å². The van der Waals surface area contributed by atoms with Gasteiger partial charge in [-0.3, -0.25) is 4.21 Å². The third kappa shape index (κ3) is 4.08. The highest BCUT2D eigenvalue weighted by Gasteiger charge is 2.10. The van der Waals surface area contributed by atoms with Gasteiger partial charge in [-0.25, -0.2) is 9.50 Å². The molecule has 0 bridgehead atoms. The highest BCUT2D eigenvalue weighted by atomic mass is 35.5. The van der Waals surface area contributed by atoms with E-state index in [-0.39, 0.29) is 0 Å². The number of imidazole rings is 1. The zero-order chi connectivity index (χ0) is 19.5. The number of aromatic nitrogens is 3. The first-order chi connectivity index (χ1) is 13.6. The molecule has 0 aliphatic carbocycles. The van der Waals surface area contributed by atoms with Crippen LogP contribution in [0.25, 0.3) is 16.9 Å². The molecule has 0 N–H and O–H groups in total. The van der Waals surface area contributed by atoms with Crippen LogP contribution in [0.15, 0.2) is 71.8 Å². The van der Waals surface area contributed by atoms with Crippen LogP contribution in [0.3, 0.4) is 0 Å². The van der Waals surface area contributed by atoms with Crippen LogP contribution < -0.4 is 4.74 Å². The zero-order valence-corrected chi connectivity index (χ0v) is 16.8. The number of nitrogens with zero attached hydrogens (tertiary/aromatic N) is 3. The first-order valence-electron chi connectivity index (χ1n) is 8.76. The Labute approximate surface area is 170 Å². The normalized spacial score (nSPS) is 12.2. The maximum Gasteiger partial charge on any atom is 0.231 e. The molecule has 2 aromatic heterocycles. The molecular formula is C21H18ClN3O2S. The molecule has 0 aliphatic heterocycles. The van der Waals surface area contributed by atoms with E-state index in [1.807, 2.05) is 60.7 Å². The van der Waals surface area contributed by atoms with Crippen molar-refractivity contribution in [3.8, 4) is 17.1 Å². The second kappa shape index (κ2) is 8.12. The number of rotatable bonds is 6. The van der Waals surface area contributed by atoms with Gasteiger partial charge in [0.2, 0.25) is 5.88 Å². The molecule has 0 fully saturated rings. The molecule has 1 unspecified atom stereocenters. The molecule has 142 valence electrons. The maximum atomic E-state index is 11.8. The van der Waals surface area contributed by atoms with E-state index in [2.05, 4.69) is 10.1 Å². The molecule has 0 saturated carbocycles. The number of fused-ring (bicyclic) bond motifs is 1. The zero-order valence-electron chi connectivity index (χ0n) is 15.2. The maximum absolute atomic E-state index is 11.8. The largest absolute Gasteiger partial charge is 0.476 e. The Morgan fingerprint density at radius 3 is 2.79 bits per heavy atom. The minimum absolute atomic E-state index is 0.493. The van der Waals surface area contributed by atoms with Gasteiger partial charge in [-0.15, -0.1) is 5.10 Å². The van der Waals surface area contributed by atoms with Gasteiger partial charge < -0.3 is 4.74 Å². The SMILES string of the molecule is CS(=O)c1cccc(-c2cnc3ccc(OCCc4cccc(Cl)c4)nn23)c1. The van der Waals surface area contributed by atoms with Crippen LogP contribution in [0.5, 0.6) is 5.88 Å². The van der Waals surface area contributed by atoms with Crippen LogP contribution in [0.4, 0.5) is 0 Å². The summed E-state index contributed by atoms with van der Waals surface area (Å²) in [5.74, 6) is 0.518. The fourth-order valence-electron chi connectivity index (χ4n) is 2.93. The van der Waals surface area contributed by atoms with E-state index >= 15 is 0 Å². The van der Waals surface area contributed by atoms with Crippen molar-refractivity contribution >= 4 is 28.0 Å². The Balaban J connectivity index is 1.56. The molecule has 2 heterocycles. The van der Waals surface area contributed by atoms with Crippen molar-refractivity contribution in [1.29, 1.82) is 0 Å². The standard InChI is InChI=1S/C21H18ClN3O2S/c1-28(26)18-7-3-5-16(13-18)19-14-23-20-8-9-21(24-25(19)20)27-11-10-15-4-2-6-17(22)12-15/h2-9,12-14H,10-11H2,1H3. The Kier molecular flexibility index (Phi) is 5.41. The van der Waals surface area contributed by atoms with E-state index in [9.17, 15) is 4.21 Å². The van der Waals surface area contributed by atoms with E-state index in [4.69, 9.17) is 16.3 Å². The molecule has 4 aromatic rings. The third-order valence-corrected chi connectivity index (χ3v) is 5.48. The van der Waals surface area contributed by atoms with Gasteiger partial charge in [0.25, 0.3) is 0 Å². The van der Waals surface area contributed by atoms with Crippen LogP contribution in [-0.4, -0.2) is 31.7 Å². The minimum Gasteiger partial charge on any atom is -0.476 e. The van der Waals surface area contributed by atoms with Crippen LogP contribution in [0.1, 0.15) is 5.56 Å². The second-order valence-corrected chi connectivity index (χ2v) is 8.11. The molecule has 0 radical (unpaired) electrons. The molecule has 0 spiro atoms. The Bertz CT molecular complexity index is 1160. The minimum atomic E-state index is -1.05. The monoisotopic (exact) mass is 411 g/mol. The molecule has 1 atom stereocenters. The summed E-state index contributed by atoms with van der Waals surface area (Å²) in [6.07, 6.45) is 4.16. The molecule has 0 saturated heterocycles. The molecule has 28 heavy (non-hydrogen) atoms. The van der Waals surface area contributed by atoms with Crippen molar-refractivity contribution in [3.05, 3.63) is 77.4 Å². The second-order valence-electron chi connectivity index (χ2n) is 6.30. The van der Waals surface area contributed by atoms with E-state index in [1.54, 1.807) is 17.0 Å². The Morgan fingerprint density at radius 2 is 1.96 bits per heavy atom. The van der Waals surface area contributed by atoms with E-state index in [0.717, 1.165) is 38.8 Å². The van der Waals surface area contributed by atoms with Crippen molar-refractivity contribution in [1.82, 2.24) is 14.6 Å². The third-order valence-electron chi connectivity index (χ3n) is 4.33. The first kappa shape index (κ1) is 18.7. The average Bonchev–Trinajstić information content (AvgIpc) is 3.11. The van der Waals surface area contributed by atoms with Crippen molar-refractivity contribution in [2.45, 2.75) is 11.3 Å². The number of hydrogen-bond donors (Lipinski definition) is 0. The van der Waals surface area contributed by atoms with Gasteiger partial charge in [0.05, 0.1) is 18.5 Å². The number of halogens is 1. The quantitative estimate of drug-likeness (QED) is 0.471. The van der Waals surface area contributed by atoms with Gasteiger partial charge in [-0.05, 0) is 35.9 Å². The summed E-state index contributed by atoms with van der Waals surface area (Å²) in [5, 5.41) is 5.28. The summed E-state index contributed by atoms with van der Waals surface area (Å²) in [6.45, 7) is 0.493. The van der Waals surface area contributed by atoms with E-state index < -0.39 is 10.8 Å². The van der Waals surface area contributed by atoms with Crippen LogP contribution in [0.2, 0.25) is 5.02 Å². The summed E-state index contributed by atoms with van der Waals surface area (Å²) >= 11 is 6.02. The van der Waals surface area contributed by atoms with Gasteiger partial charge in [0.15, 0.2) is 5.65 Å². The van der Waals surface area contributed by atoms with Crippen LogP contribution in [-0.2, 0) is 17.2 Å². The van der Waals surface area contributed by atoms with Crippen molar-refractivity contribution in [2.75, 3.05) is 12.9 Å². The number of benzene rings is 2. The van der Waals surface area contributed by atoms with Crippen LogP contribution >= 0.6 is 11.6 Å². The fraction of sp³-hybridized carbons (Fsp3) is 0.143. The van der Waals surface area contributed by atoms with E-state index in [0.29, 0.717) is 12.5 Å². The lowest BCUT2D eigenvalue weighted by molar-refractivity contribution is 0.305. The smallest absolute Gasteiger partial charge is 0.231 e. The lowest BCUT2D eigenvalue weighted by atomic mass is 10.2. The van der Waals surface area contributed by atoms with Gasteiger partial charge in [-0.2, -0.15) is 0 Å². The summed E-state index contributed by atoms with van der Waals surface area (Å²) in [6, 6.07) is 19.0. The molecule has 4 rings (SSSR count). The molecule has 2 aromatic carbocycles. The molecule has 0 aliphatic rings. The van der Waals surface area contributed by atoms with Crippen molar-refractivity contribution < 1.29 is 8.95 Å². The lowest BCUT2D eigenvalue weighted by Crippen LogP contribution is -2.05. The summed E-state index contributed by atoms with van der Waals surface area (Å²) in [4.78, 5) is 5.17. The van der Waals surface area contributed by atoms with Crippen molar-refractivity contribution in [3.63, 3.8) is 0 Å². The average molecular weight is 412 g/mol. The summed E-state index contributed by atoms with van der Waals surface area (Å²) in [7, 11) is -1.05. The number of hydrogen-bond acceptors (Lipinski definition) is 4. The molecule has 5 nitrogen and oxygen atoms in total. The highest BCUT2D eigenvalue weighted by Crippen LogP contribution is 2.23. The summed E-state index contributed by atoms with van der Waals surface area (Å²) < 4.78 is 19.4. The highest BCUT2D eigenvalue weighted by molar-refractivity contribution is 7.84.